The third-order valence-electron chi connectivity index (χ3n) is 1.41. The first-order valence-electron chi connectivity index (χ1n) is 2.96. The Hall–Kier alpha value is -1.16. The van der Waals surface area contributed by atoms with E-state index in [-0.39, 0.29) is 5.68 Å². The monoisotopic (exact) mass is 138 g/mol. The first-order chi connectivity index (χ1) is 4.86. The molecule has 1 aliphatic rings. The molecule has 1 aliphatic heterocycles. The van der Waals surface area contributed by atoms with Gasteiger partial charge in [0, 0.05) is 11.8 Å². The summed E-state index contributed by atoms with van der Waals surface area (Å²) in [4.78, 5) is 3.67. The molecule has 0 saturated carbocycles. The predicted molar refractivity (Wildman–Crippen MR) is 30.9 cm³/mol. The van der Waals surface area contributed by atoms with E-state index in [4.69, 9.17) is 14.6 Å². The molecular weight excluding hydrogens is 132 g/mol. The van der Waals surface area contributed by atoms with Crippen molar-refractivity contribution in [2.45, 2.75) is 13.2 Å². The number of aromatic nitrogens is 1. The van der Waals surface area contributed by atoms with Gasteiger partial charge in [0.05, 0.1) is 6.61 Å². The molecule has 1 aromatic heterocycles. The molecule has 4 nitrogen and oxygen atoms in total. The molecule has 10 heavy (non-hydrogen) atoms. The molecule has 4 heteroatoms. The van der Waals surface area contributed by atoms with Crippen molar-refractivity contribution < 1.29 is 9.15 Å². The lowest BCUT2D eigenvalue weighted by atomic mass is 10.3. The van der Waals surface area contributed by atoms with Crippen LogP contribution in [-0.2, 0) is 18.0 Å². The summed E-state index contributed by atoms with van der Waals surface area (Å²) in [5, 5.41) is 7.03. The van der Waals surface area contributed by atoms with Gasteiger partial charge < -0.3 is 9.15 Å². The minimum absolute atomic E-state index is 0.0516. The lowest BCUT2D eigenvalue weighted by molar-refractivity contribution is 0.124. The van der Waals surface area contributed by atoms with Crippen molar-refractivity contribution >= 4 is 0 Å². The third kappa shape index (κ3) is 0.733. The fourth-order valence-corrected chi connectivity index (χ4v) is 0.911. The maximum absolute atomic E-state index is 7.03. The Kier molecular flexibility index (Phi) is 1.07. The molecule has 0 radical (unpaired) electrons. The van der Waals surface area contributed by atoms with E-state index in [1.807, 2.05) is 0 Å². The van der Waals surface area contributed by atoms with Crippen molar-refractivity contribution in [3.05, 3.63) is 23.2 Å². The number of nitrogens with zero attached hydrogens (tertiary/aromatic N) is 1. The van der Waals surface area contributed by atoms with E-state index in [1.165, 1.54) is 0 Å². The number of rotatable bonds is 0. The molecule has 0 bridgehead atoms. The molecule has 0 amide bonds. The maximum atomic E-state index is 7.03. The highest BCUT2D eigenvalue weighted by Gasteiger charge is 2.12. The van der Waals surface area contributed by atoms with Crippen LogP contribution >= 0.6 is 0 Å². The molecule has 2 rings (SSSR count). The van der Waals surface area contributed by atoms with Crippen molar-refractivity contribution in [2.24, 2.45) is 0 Å². The molecule has 1 aromatic rings. The SMILES string of the molecule is N=c1ncc2c(o1)COC2. The average molecular weight is 138 g/mol. The van der Waals surface area contributed by atoms with Gasteiger partial charge in [-0.05, 0) is 0 Å². The van der Waals surface area contributed by atoms with Crippen LogP contribution in [0, 0.1) is 5.41 Å². The quantitative estimate of drug-likeness (QED) is 0.556. The van der Waals surface area contributed by atoms with Gasteiger partial charge in [-0.1, -0.05) is 0 Å². The van der Waals surface area contributed by atoms with Crippen LogP contribution in [0.5, 0.6) is 0 Å². The summed E-state index contributed by atoms with van der Waals surface area (Å²) in [6.07, 6.45) is 1.62. The second-order valence-corrected chi connectivity index (χ2v) is 2.11. The zero-order valence-corrected chi connectivity index (χ0v) is 5.26. The van der Waals surface area contributed by atoms with Crippen LogP contribution in [0.15, 0.2) is 10.6 Å². The normalized spacial score (nSPS) is 15.2. The van der Waals surface area contributed by atoms with Crippen LogP contribution in [-0.4, -0.2) is 4.98 Å². The Morgan fingerprint density at radius 2 is 2.40 bits per heavy atom. The predicted octanol–water partition coefficient (Wildman–Crippen LogP) is 0.184. The summed E-state index contributed by atoms with van der Waals surface area (Å²) in [5.41, 5.74) is 0.903. The maximum Gasteiger partial charge on any atom is 0.314 e. The van der Waals surface area contributed by atoms with E-state index >= 15 is 0 Å². The first kappa shape index (κ1) is 5.61. The van der Waals surface area contributed by atoms with Crippen molar-refractivity contribution in [1.29, 1.82) is 5.41 Å². The Bertz CT molecular complexity index is 305. The number of hydrogen-bond donors (Lipinski definition) is 1. The summed E-state index contributed by atoms with van der Waals surface area (Å²) in [6, 6.07) is 0. The molecule has 0 aliphatic carbocycles. The zero-order chi connectivity index (χ0) is 6.97. The van der Waals surface area contributed by atoms with E-state index in [9.17, 15) is 0 Å². The summed E-state index contributed by atoms with van der Waals surface area (Å²) >= 11 is 0. The minimum Gasteiger partial charge on any atom is -0.426 e. The Labute approximate surface area is 57.0 Å². The zero-order valence-electron chi connectivity index (χ0n) is 5.26. The molecule has 0 atom stereocenters. The van der Waals surface area contributed by atoms with Crippen molar-refractivity contribution in [2.75, 3.05) is 0 Å². The van der Waals surface area contributed by atoms with E-state index in [0.717, 1.165) is 11.3 Å². The number of hydrogen-bond acceptors (Lipinski definition) is 4. The molecule has 2 heterocycles. The van der Waals surface area contributed by atoms with Gasteiger partial charge in [-0.25, -0.2) is 10.4 Å². The van der Waals surface area contributed by atoms with E-state index < -0.39 is 0 Å². The second-order valence-electron chi connectivity index (χ2n) is 2.11. The van der Waals surface area contributed by atoms with Gasteiger partial charge in [0.25, 0.3) is 0 Å². The van der Waals surface area contributed by atoms with Gasteiger partial charge in [0.15, 0.2) is 0 Å². The molecule has 0 aromatic carbocycles. The topological polar surface area (TPSA) is 59.1 Å². The Morgan fingerprint density at radius 1 is 1.50 bits per heavy atom. The highest BCUT2D eigenvalue weighted by molar-refractivity contribution is 5.13. The van der Waals surface area contributed by atoms with Gasteiger partial charge in [0.1, 0.15) is 12.4 Å². The van der Waals surface area contributed by atoms with Crippen LogP contribution in [0.3, 0.4) is 0 Å². The summed E-state index contributed by atoms with van der Waals surface area (Å²) in [7, 11) is 0. The molecule has 0 unspecified atom stereocenters. The Morgan fingerprint density at radius 3 is 3.30 bits per heavy atom. The lowest BCUT2D eigenvalue weighted by Gasteiger charge is -1.90. The van der Waals surface area contributed by atoms with Gasteiger partial charge >= 0.3 is 5.68 Å². The molecular formula is C6H6N2O2. The van der Waals surface area contributed by atoms with Crippen LogP contribution < -0.4 is 5.68 Å². The Balaban J connectivity index is 2.63. The lowest BCUT2D eigenvalue weighted by Crippen LogP contribution is -2.04. The molecule has 0 fully saturated rings. The molecule has 0 saturated heterocycles. The molecule has 0 spiro atoms. The van der Waals surface area contributed by atoms with E-state index in [0.29, 0.717) is 13.2 Å². The number of ether oxygens (including phenoxy) is 1. The number of nitrogens with one attached hydrogen (secondary N) is 1. The van der Waals surface area contributed by atoms with Gasteiger partial charge in [-0.3, -0.25) is 0 Å². The van der Waals surface area contributed by atoms with Crippen LogP contribution in [0.2, 0.25) is 0 Å². The smallest absolute Gasteiger partial charge is 0.314 e. The third-order valence-corrected chi connectivity index (χ3v) is 1.41. The fraction of sp³-hybridized carbons (Fsp3) is 0.333. The standard InChI is InChI=1S/C6H6N2O2/c7-6-8-1-4-2-9-3-5(4)10-6/h1,7H,2-3H2. The highest BCUT2D eigenvalue weighted by atomic mass is 16.5. The van der Waals surface area contributed by atoms with E-state index in [1.54, 1.807) is 6.20 Å². The van der Waals surface area contributed by atoms with Crippen molar-refractivity contribution in [1.82, 2.24) is 4.98 Å². The summed E-state index contributed by atoms with van der Waals surface area (Å²) in [5.74, 6) is 0.736. The number of fused-ring (bicyclic) bond motifs is 1. The van der Waals surface area contributed by atoms with Crippen LogP contribution in [0.25, 0.3) is 0 Å². The van der Waals surface area contributed by atoms with E-state index in [2.05, 4.69) is 4.98 Å². The summed E-state index contributed by atoms with van der Waals surface area (Å²) < 4.78 is 10.0. The van der Waals surface area contributed by atoms with Gasteiger partial charge in [0.2, 0.25) is 0 Å². The minimum atomic E-state index is -0.0516. The van der Waals surface area contributed by atoms with Crippen LogP contribution in [0.1, 0.15) is 11.3 Å². The molecule has 52 valence electrons. The van der Waals surface area contributed by atoms with Crippen molar-refractivity contribution in [3.63, 3.8) is 0 Å². The average Bonchev–Trinajstić information content (AvgIpc) is 2.33. The van der Waals surface area contributed by atoms with Crippen LogP contribution in [0.4, 0.5) is 0 Å². The van der Waals surface area contributed by atoms with Gasteiger partial charge in [-0.2, -0.15) is 0 Å². The second kappa shape index (κ2) is 1.91. The summed E-state index contributed by atoms with van der Waals surface area (Å²) in [6.45, 7) is 1.04. The van der Waals surface area contributed by atoms with Crippen molar-refractivity contribution in [3.8, 4) is 0 Å². The van der Waals surface area contributed by atoms with Gasteiger partial charge in [-0.15, -0.1) is 0 Å². The molecule has 1 N–H and O–H groups in total. The largest absolute Gasteiger partial charge is 0.426 e. The fourth-order valence-electron chi connectivity index (χ4n) is 0.911. The first-order valence-corrected chi connectivity index (χ1v) is 2.96. The highest BCUT2D eigenvalue weighted by Crippen LogP contribution is 2.15.